The summed E-state index contributed by atoms with van der Waals surface area (Å²) >= 11 is 0. The summed E-state index contributed by atoms with van der Waals surface area (Å²) in [7, 11) is 2.99. The third-order valence-electron chi connectivity index (χ3n) is 5.00. The third-order valence-corrected chi connectivity index (χ3v) is 5.00. The second-order valence-electron chi connectivity index (χ2n) is 6.93. The molecule has 0 saturated carbocycles. The number of methoxy groups -OCH3 is 2. The van der Waals surface area contributed by atoms with E-state index in [9.17, 15) is 9.59 Å². The van der Waals surface area contributed by atoms with Gasteiger partial charge in [-0.25, -0.2) is 0 Å². The van der Waals surface area contributed by atoms with Crippen LogP contribution in [0.5, 0.6) is 17.2 Å². The Hall–Kier alpha value is -4.00. The van der Waals surface area contributed by atoms with Crippen molar-refractivity contribution < 1.29 is 23.8 Å². The Morgan fingerprint density at radius 2 is 1.71 bits per heavy atom. The normalized spacial score (nSPS) is 12.6. The summed E-state index contributed by atoms with van der Waals surface area (Å²) in [5.74, 6) is 0.861. The van der Waals surface area contributed by atoms with Gasteiger partial charge >= 0.3 is 0 Å². The predicted octanol–water partition coefficient (Wildman–Crippen LogP) is 3.88. The average molecular weight is 418 g/mol. The van der Waals surface area contributed by atoms with E-state index in [0.717, 1.165) is 5.56 Å². The van der Waals surface area contributed by atoms with E-state index < -0.39 is 0 Å². The number of fused-ring (bicyclic) bond motifs is 1. The Morgan fingerprint density at radius 3 is 2.39 bits per heavy atom. The minimum atomic E-state index is -0.382. The number of benzene rings is 3. The van der Waals surface area contributed by atoms with Gasteiger partial charge < -0.3 is 24.4 Å². The SMILES string of the molecule is COc1cccc(OC)c1C(=O)Nc1ccc2c(c1)N(Cc1ccccc1)C(=O)CO2. The van der Waals surface area contributed by atoms with Crippen molar-refractivity contribution in [2.75, 3.05) is 31.0 Å². The molecule has 7 heteroatoms. The van der Waals surface area contributed by atoms with Crippen molar-refractivity contribution in [3.8, 4) is 17.2 Å². The van der Waals surface area contributed by atoms with E-state index in [1.165, 1.54) is 14.2 Å². The molecule has 1 N–H and O–H groups in total. The molecule has 158 valence electrons. The van der Waals surface area contributed by atoms with Gasteiger partial charge in [0.25, 0.3) is 11.8 Å². The number of nitrogens with zero attached hydrogens (tertiary/aromatic N) is 1. The molecule has 2 amide bonds. The minimum Gasteiger partial charge on any atom is -0.496 e. The van der Waals surface area contributed by atoms with E-state index in [0.29, 0.717) is 40.7 Å². The van der Waals surface area contributed by atoms with Gasteiger partial charge in [0.15, 0.2) is 6.61 Å². The predicted molar refractivity (Wildman–Crippen MR) is 117 cm³/mol. The van der Waals surface area contributed by atoms with Gasteiger partial charge in [-0.2, -0.15) is 0 Å². The van der Waals surface area contributed by atoms with Crippen LogP contribution in [0.15, 0.2) is 66.7 Å². The van der Waals surface area contributed by atoms with Crippen LogP contribution >= 0.6 is 0 Å². The lowest BCUT2D eigenvalue weighted by Crippen LogP contribution is -2.38. The van der Waals surface area contributed by atoms with Crippen LogP contribution < -0.4 is 24.4 Å². The molecule has 31 heavy (non-hydrogen) atoms. The summed E-state index contributed by atoms with van der Waals surface area (Å²) in [5, 5.41) is 2.86. The maximum absolute atomic E-state index is 13.0. The van der Waals surface area contributed by atoms with E-state index >= 15 is 0 Å². The van der Waals surface area contributed by atoms with Crippen molar-refractivity contribution >= 4 is 23.2 Å². The van der Waals surface area contributed by atoms with Gasteiger partial charge in [0, 0.05) is 5.69 Å². The molecule has 3 aromatic rings. The molecule has 3 aromatic carbocycles. The fourth-order valence-corrected chi connectivity index (χ4v) is 3.49. The Balaban J connectivity index is 1.64. The van der Waals surface area contributed by atoms with Crippen LogP contribution in [0.4, 0.5) is 11.4 Å². The van der Waals surface area contributed by atoms with Crippen molar-refractivity contribution in [3.63, 3.8) is 0 Å². The summed E-state index contributed by atoms with van der Waals surface area (Å²) in [6.07, 6.45) is 0. The van der Waals surface area contributed by atoms with Gasteiger partial charge in [0.05, 0.1) is 26.5 Å². The first-order chi connectivity index (χ1) is 15.1. The molecule has 7 nitrogen and oxygen atoms in total. The van der Waals surface area contributed by atoms with E-state index in [-0.39, 0.29) is 18.4 Å². The highest BCUT2D eigenvalue weighted by atomic mass is 16.5. The van der Waals surface area contributed by atoms with Gasteiger partial charge in [-0.15, -0.1) is 0 Å². The first-order valence-corrected chi connectivity index (χ1v) is 9.74. The monoisotopic (exact) mass is 418 g/mol. The van der Waals surface area contributed by atoms with Crippen molar-refractivity contribution in [1.29, 1.82) is 0 Å². The molecule has 1 heterocycles. The van der Waals surface area contributed by atoms with Gasteiger partial charge in [-0.1, -0.05) is 36.4 Å². The fourth-order valence-electron chi connectivity index (χ4n) is 3.49. The number of hydrogen-bond acceptors (Lipinski definition) is 5. The Labute approximate surface area is 180 Å². The van der Waals surface area contributed by atoms with Crippen LogP contribution in [0, 0.1) is 0 Å². The highest BCUT2D eigenvalue weighted by Crippen LogP contribution is 2.36. The zero-order valence-electron chi connectivity index (χ0n) is 17.3. The topological polar surface area (TPSA) is 77.1 Å². The zero-order valence-corrected chi connectivity index (χ0v) is 17.3. The summed E-state index contributed by atoms with van der Waals surface area (Å²) in [6, 6.07) is 20.0. The van der Waals surface area contributed by atoms with Crippen molar-refractivity contribution in [1.82, 2.24) is 0 Å². The van der Waals surface area contributed by atoms with Crippen molar-refractivity contribution in [2.45, 2.75) is 6.54 Å². The van der Waals surface area contributed by atoms with Gasteiger partial charge in [0.2, 0.25) is 0 Å². The van der Waals surface area contributed by atoms with Gasteiger partial charge in [-0.3, -0.25) is 9.59 Å². The zero-order chi connectivity index (χ0) is 21.8. The molecular weight excluding hydrogens is 396 g/mol. The standard InChI is InChI=1S/C24H22N2O5/c1-29-20-9-6-10-21(30-2)23(20)24(28)25-17-11-12-19-18(13-17)26(22(27)15-31-19)14-16-7-4-3-5-8-16/h3-13H,14-15H2,1-2H3,(H,25,28). The van der Waals surface area contributed by atoms with E-state index in [1.807, 2.05) is 30.3 Å². The molecule has 0 bridgehead atoms. The fraction of sp³-hybridized carbons (Fsp3) is 0.167. The second kappa shape index (κ2) is 8.79. The van der Waals surface area contributed by atoms with E-state index in [4.69, 9.17) is 14.2 Å². The minimum absolute atomic E-state index is 0.0239. The number of carbonyl (C=O) groups excluding carboxylic acids is 2. The number of rotatable bonds is 6. The van der Waals surface area contributed by atoms with Gasteiger partial charge in [0.1, 0.15) is 22.8 Å². The molecule has 1 aliphatic heterocycles. The Bertz CT molecular complexity index is 1090. The number of hydrogen-bond donors (Lipinski definition) is 1. The molecule has 0 fully saturated rings. The van der Waals surface area contributed by atoms with Crippen LogP contribution in [-0.2, 0) is 11.3 Å². The van der Waals surface area contributed by atoms with E-state index in [2.05, 4.69) is 5.32 Å². The van der Waals surface area contributed by atoms with Crippen molar-refractivity contribution in [3.05, 3.63) is 77.9 Å². The maximum atomic E-state index is 13.0. The molecule has 0 saturated heterocycles. The van der Waals surface area contributed by atoms with Crippen molar-refractivity contribution in [2.24, 2.45) is 0 Å². The maximum Gasteiger partial charge on any atom is 0.265 e. The molecule has 1 aliphatic rings. The first kappa shape index (κ1) is 20.3. The molecule has 0 spiro atoms. The third kappa shape index (κ3) is 4.16. The Kier molecular flexibility index (Phi) is 5.75. The smallest absolute Gasteiger partial charge is 0.265 e. The summed E-state index contributed by atoms with van der Waals surface area (Å²) in [6.45, 7) is 0.387. The highest BCUT2D eigenvalue weighted by molar-refractivity contribution is 6.09. The van der Waals surface area contributed by atoms with Crippen LogP contribution in [0.25, 0.3) is 0 Å². The average Bonchev–Trinajstić information content (AvgIpc) is 2.81. The molecule has 0 unspecified atom stereocenters. The number of anilines is 2. The molecule has 0 radical (unpaired) electrons. The summed E-state index contributed by atoms with van der Waals surface area (Å²) in [4.78, 5) is 27.2. The van der Waals surface area contributed by atoms with Gasteiger partial charge in [-0.05, 0) is 35.9 Å². The molecule has 0 atom stereocenters. The Morgan fingerprint density at radius 1 is 1.00 bits per heavy atom. The number of carbonyl (C=O) groups is 2. The number of amides is 2. The molecule has 0 aromatic heterocycles. The summed E-state index contributed by atoms with van der Waals surface area (Å²) in [5.41, 5.74) is 2.41. The molecule has 4 rings (SSSR count). The molecular formula is C24H22N2O5. The van der Waals surface area contributed by atoms with Crippen LogP contribution in [-0.4, -0.2) is 32.6 Å². The van der Waals surface area contributed by atoms with E-state index in [1.54, 1.807) is 41.3 Å². The second-order valence-corrected chi connectivity index (χ2v) is 6.93. The molecule has 0 aliphatic carbocycles. The lowest BCUT2D eigenvalue weighted by molar-refractivity contribution is -0.121. The number of nitrogens with one attached hydrogen (secondary N) is 1. The highest BCUT2D eigenvalue weighted by Gasteiger charge is 2.26. The largest absolute Gasteiger partial charge is 0.496 e. The first-order valence-electron chi connectivity index (χ1n) is 9.74. The van der Waals surface area contributed by atoms with Crippen LogP contribution in [0.3, 0.4) is 0 Å². The summed E-state index contributed by atoms with van der Waals surface area (Å²) < 4.78 is 16.2. The lowest BCUT2D eigenvalue weighted by Gasteiger charge is -2.30. The van der Waals surface area contributed by atoms with Crippen LogP contribution in [0.2, 0.25) is 0 Å². The quantitative estimate of drug-likeness (QED) is 0.657. The number of ether oxygens (including phenoxy) is 3. The lowest BCUT2D eigenvalue weighted by atomic mass is 10.1. The van der Waals surface area contributed by atoms with Crippen LogP contribution in [0.1, 0.15) is 15.9 Å².